The number of halogens is 2. The molecule has 0 amide bonds. The van der Waals surface area contributed by atoms with Crippen molar-refractivity contribution >= 4 is 17.6 Å². The lowest BCUT2D eigenvalue weighted by Crippen LogP contribution is -2.13. The molecule has 20 heavy (non-hydrogen) atoms. The van der Waals surface area contributed by atoms with E-state index in [2.05, 4.69) is 15.4 Å². The molecule has 7 heteroatoms. The van der Waals surface area contributed by atoms with Crippen LogP contribution in [0.5, 0.6) is 0 Å². The van der Waals surface area contributed by atoms with Crippen molar-refractivity contribution in [1.82, 2.24) is 9.97 Å². The molecule has 2 rings (SSSR count). The number of rotatable bonds is 4. The van der Waals surface area contributed by atoms with Crippen molar-refractivity contribution in [3.8, 4) is 0 Å². The topological polar surface area (TPSA) is 63.8 Å². The lowest BCUT2D eigenvalue weighted by atomic mass is 10.1. The third-order valence-electron chi connectivity index (χ3n) is 2.67. The van der Waals surface area contributed by atoms with Crippen LogP contribution in [0.15, 0.2) is 34.4 Å². The van der Waals surface area contributed by atoms with E-state index < -0.39 is 11.6 Å². The maximum Gasteiger partial charge on any atom is 0.159 e. The molecule has 0 radical (unpaired) electrons. The van der Waals surface area contributed by atoms with Gasteiger partial charge >= 0.3 is 0 Å². The van der Waals surface area contributed by atoms with Crippen LogP contribution in [0.1, 0.15) is 25.3 Å². The molecule has 4 nitrogen and oxygen atoms in total. The van der Waals surface area contributed by atoms with Crippen molar-refractivity contribution in [2.45, 2.75) is 29.7 Å². The Morgan fingerprint density at radius 1 is 1.20 bits per heavy atom. The van der Waals surface area contributed by atoms with Crippen LogP contribution in [0.2, 0.25) is 0 Å². The van der Waals surface area contributed by atoms with Gasteiger partial charge in [0, 0.05) is 10.5 Å². The van der Waals surface area contributed by atoms with E-state index in [1.54, 1.807) is 0 Å². The van der Waals surface area contributed by atoms with Crippen molar-refractivity contribution in [2.24, 2.45) is 5.84 Å². The van der Waals surface area contributed by atoms with Gasteiger partial charge < -0.3 is 5.43 Å². The fourth-order valence-corrected chi connectivity index (χ4v) is 2.81. The quantitative estimate of drug-likeness (QED) is 0.515. The lowest BCUT2D eigenvalue weighted by Gasteiger charge is -2.14. The zero-order valence-electron chi connectivity index (χ0n) is 11.0. The van der Waals surface area contributed by atoms with Gasteiger partial charge in [0.05, 0.1) is 0 Å². The lowest BCUT2D eigenvalue weighted by molar-refractivity contribution is 0.506. The molecule has 1 aromatic carbocycles. The van der Waals surface area contributed by atoms with E-state index >= 15 is 0 Å². The first kappa shape index (κ1) is 14.7. The highest BCUT2D eigenvalue weighted by atomic mass is 32.2. The second kappa shape index (κ2) is 6.15. The minimum atomic E-state index is -0.882. The van der Waals surface area contributed by atoms with E-state index in [0.717, 1.165) is 17.7 Å². The number of hydrogen-bond donors (Lipinski definition) is 2. The van der Waals surface area contributed by atoms with Gasteiger partial charge in [-0.2, -0.15) is 0 Å². The van der Waals surface area contributed by atoms with Crippen LogP contribution in [0.3, 0.4) is 0 Å². The molecule has 0 fully saturated rings. The van der Waals surface area contributed by atoms with E-state index in [1.807, 2.05) is 13.8 Å². The molecule has 0 saturated heterocycles. The first-order chi connectivity index (χ1) is 9.52. The summed E-state index contributed by atoms with van der Waals surface area (Å²) in [6, 6.07) is 3.74. The monoisotopic (exact) mass is 296 g/mol. The summed E-state index contributed by atoms with van der Waals surface area (Å²) in [5.74, 6) is 4.35. The number of nitrogens with two attached hydrogens (primary N) is 1. The smallest absolute Gasteiger partial charge is 0.159 e. The molecule has 0 aliphatic carbocycles. The molecule has 0 unspecified atom stereocenters. The predicted octanol–water partition coefficient (Wildman–Crippen LogP) is 3.32. The zero-order chi connectivity index (χ0) is 14.7. The highest BCUT2D eigenvalue weighted by Crippen LogP contribution is 2.35. The van der Waals surface area contributed by atoms with Gasteiger partial charge in [0.15, 0.2) is 11.6 Å². The summed E-state index contributed by atoms with van der Waals surface area (Å²) in [5.41, 5.74) is 3.36. The van der Waals surface area contributed by atoms with Gasteiger partial charge in [-0.05, 0) is 24.1 Å². The Kier molecular flexibility index (Phi) is 4.51. The molecule has 0 atom stereocenters. The number of anilines is 1. The number of hydrazine groups is 1. The van der Waals surface area contributed by atoms with E-state index in [4.69, 9.17) is 5.84 Å². The van der Waals surface area contributed by atoms with Crippen LogP contribution in [-0.2, 0) is 0 Å². The number of benzene rings is 1. The largest absolute Gasteiger partial charge is 0.308 e. The summed E-state index contributed by atoms with van der Waals surface area (Å²) in [6.07, 6.45) is 1.38. The Bertz CT molecular complexity index is 619. The summed E-state index contributed by atoms with van der Waals surface area (Å²) < 4.78 is 26.2. The Balaban J connectivity index is 2.40. The summed E-state index contributed by atoms with van der Waals surface area (Å²) in [4.78, 5) is 8.82. The normalized spacial score (nSPS) is 10.9. The van der Waals surface area contributed by atoms with Crippen molar-refractivity contribution in [3.63, 3.8) is 0 Å². The van der Waals surface area contributed by atoms with Crippen LogP contribution in [0, 0.1) is 11.6 Å². The Morgan fingerprint density at radius 2 is 1.95 bits per heavy atom. The molecule has 0 aliphatic rings. The van der Waals surface area contributed by atoms with Gasteiger partial charge in [-0.1, -0.05) is 25.6 Å². The fourth-order valence-electron chi connectivity index (χ4n) is 1.75. The molecular weight excluding hydrogens is 282 g/mol. The van der Waals surface area contributed by atoms with Gasteiger partial charge in [0.25, 0.3) is 0 Å². The molecule has 0 saturated carbocycles. The molecule has 1 heterocycles. The Hall–Kier alpha value is -1.73. The summed E-state index contributed by atoms with van der Waals surface area (Å²) in [7, 11) is 0. The summed E-state index contributed by atoms with van der Waals surface area (Å²) in [5, 5.41) is 0.661. The fraction of sp³-hybridized carbons (Fsp3) is 0.231. The third kappa shape index (κ3) is 3.05. The van der Waals surface area contributed by atoms with Crippen molar-refractivity contribution < 1.29 is 8.78 Å². The van der Waals surface area contributed by atoms with Gasteiger partial charge in [-0.25, -0.2) is 24.6 Å². The number of hydrogen-bond acceptors (Lipinski definition) is 5. The third-order valence-corrected chi connectivity index (χ3v) is 3.68. The maximum absolute atomic E-state index is 13.2. The van der Waals surface area contributed by atoms with Gasteiger partial charge in [0.1, 0.15) is 17.2 Å². The van der Waals surface area contributed by atoms with Gasteiger partial charge in [0.2, 0.25) is 0 Å². The Morgan fingerprint density at radius 3 is 2.55 bits per heavy atom. The first-order valence-corrected chi connectivity index (χ1v) is 6.79. The average Bonchev–Trinajstić information content (AvgIpc) is 2.42. The molecule has 1 aromatic heterocycles. The van der Waals surface area contributed by atoms with Crippen LogP contribution in [0.25, 0.3) is 0 Å². The highest BCUT2D eigenvalue weighted by Gasteiger charge is 2.16. The Labute approximate surface area is 119 Å². The van der Waals surface area contributed by atoms with Crippen LogP contribution < -0.4 is 11.3 Å². The number of nitrogens with one attached hydrogen (secondary N) is 1. The van der Waals surface area contributed by atoms with Crippen LogP contribution in [0.4, 0.5) is 14.6 Å². The summed E-state index contributed by atoms with van der Waals surface area (Å²) in [6.45, 7) is 3.96. The number of aromatic nitrogens is 2. The second-order valence-corrected chi connectivity index (χ2v) is 5.48. The average molecular weight is 296 g/mol. The second-order valence-electron chi connectivity index (χ2n) is 4.42. The minimum Gasteiger partial charge on any atom is -0.308 e. The molecule has 106 valence electrons. The van der Waals surface area contributed by atoms with Crippen LogP contribution >= 0.6 is 11.8 Å². The first-order valence-electron chi connectivity index (χ1n) is 5.97. The molecule has 3 N–H and O–H groups in total. The van der Waals surface area contributed by atoms with E-state index in [1.165, 1.54) is 24.2 Å². The number of nitrogens with zero attached hydrogens (tertiary/aromatic N) is 2. The molecule has 2 aromatic rings. The van der Waals surface area contributed by atoms with Crippen molar-refractivity contribution in [1.29, 1.82) is 0 Å². The predicted molar refractivity (Wildman–Crippen MR) is 74.4 cm³/mol. The SMILES string of the molecule is CC(C)c1c(NN)ncnc1Sc1ccc(F)c(F)c1. The molecule has 0 bridgehead atoms. The van der Waals surface area contributed by atoms with Crippen molar-refractivity contribution in [2.75, 3.05) is 5.43 Å². The minimum absolute atomic E-state index is 0.134. The molecular formula is C13H14F2N4S. The summed E-state index contributed by atoms with van der Waals surface area (Å²) >= 11 is 1.24. The zero-order valence-corrected chi connectivity index (χ0v) is 11.8. The van der Waals surface area contributed by atoms with E-state index in [9.17, 15) is 8.78 Å². The standard InChI is InChI=1S/C13H14F2N4S/c1-7(2)11-12(19-16)17-6-18-13(11)20-8-3-4-9(14)10(15)5-8/h3-7H,16H2,1-2H3,(H,17,18,19). The van der Waals surface area contributed by atoms with Gasteiger partial charge in [-0.15, -0.1) is 0 Å². The molecule has 0 spiro atoms. The maximum atomic E-state index is 13.2. The van der Waals surface area contributed by atoms with Gasteiger partial charge in [-0.3, -0.25) is 0 Å². The highest BCUT2D eigenvalue weighted by molar-refractivity contribution is 7.99. The molecule has 0 aliphatic heterocycles. The van der Waals surface area contributed by atoms with E-state index in [0.29, 0.717) is 15.7 Å². The number of nitrogen functional groups attached to an aromatic ring is 1. The van der Waals surface area contributed by atoms with Crippen molar-refractivity contribution in [3.05, 3.63) is 41.7 Å². The van der Waals surface area contributed by atoms with E-state index in [-0.39, 0.29) is 5.92 Å². The van der Waals surface area contributed by atoms with Crippen LogP contribution in [-0.4, -0.2) is 9.97 Å².